The Morgan fingerprint density at radius 2 is 2.08 bits per heavy atom. The first-order chi connectivity index (χ1) is 11.7. The van der Waals surface area contributed by atoms with Crippen molar-refractivity contribution in [2.75, 3.05) is 11.9 Å². The van der Waals surface area contributed by atoms with Crippen LogP contribution in [0, 0.1) is 0 Å². The number of nitrogens with one attached hydrogen (secondary N) is 1. The van der Waals surface area contributed by atoms with E-state index in [0.29, 0.717) is 22.3 Å². The number of anilines is 2. The Kier molecular flexibility index (Phi) is 5.12. The molecule has 0 saturated heterocycles. The van der Waals surface area contributed by atoms with E-state index in [9.17, 15) is 9.90 Å². The number of thiophene rings is 1. The smallest absolute Gasteiger partial charge is 0.188 e. The van der Waals surface area contributed by atoms with E-state index in [2.05, 4.69) is 10.3 Å². The number of hydrogen-bond donors (Lipinski definition) is 1. The zero-order chi connectivity index (χ0) is 16.9. The number of benzene rings is 1. The summed E-state index contributed by atoms with van der Waals surface area (Å²) < 4.78 is 5.42. The second-order valence-electron chi connectivity index (χ2n) is 4.90. The van der Waals surface area contributed by atoms with Crippen LogP contribution in [0.2, 0.25) is 0 Å². The molecule has 24 heavy (non-hydrogen) atoms. The highest BCUT2D eigenvalue weighted by Crippen LogP contribution is 2.35. The summed E-state index contributed by atoms with van der Waals surface area (Å²) >= 11 is 2.86. The third-order valence-corrected chi connectivity index (χ3v) is 5.02. The maximum atomic E-state index is 11.0. The molecule has 0 atom stereocenters. The lowest BCUT2D eigenvalue weighted by Crippen LogP contribution is -2.24. The first-order valence-electron chi connectivity index (χ1n) is 7.39. The van der Waals surface area contributed by atoms with Crippen molar-refractivity contribution in [3.8, 4) is 16.3 Å². The van der Waals surface area contributed by atoms with Crippen LogP contribution < -0.4 is 15.2 Å². The summed E-state index contributed by atoms with van der Waals surface area (Å²) in [6.45, 7) is 2.56. The van der Waals surface area contributed by atoms with Crippen LogP contribution in [0.4, 0.5) is 10.8 Å². The van der Waals surface area contributed by atoms with E-state index in [1.165, 1.54) is 22.7 Å². The second-order valence-corrected chi connectivity index (χ2v) is 6.93. The molecular weight excluding hydrogens is 344 g/mol. The molecule has 0 unspecified atom stereocenters. The minimum Gasteiger partial charge on any atom is -0.550 e. The minimum atomic E-state index is -1.11. The van der Waals surface area contributed by atoms with Crippen LogP contribution in [0.15, 0.2) is 41.8 Å². The number of thiazole rings is 1. The van der Waals surface area contributed by atoms with E-state index >= 15 is 0 Å². The highest BCUT2D eigenvalue weighted by molar-refractivity contribution is 7.17. The van der Waals surface area contributed by atoms with Crippen molar-refractivity contribution in [2.45, 2.75) is 13.3 Å². The van der Waals surface area contributed by atoms with Gasteiger partial charge in [-0.2, -0.15) is 0 Å². The van der Waals surface area contributed by atoms with E-state index in [1.807, 2.05) is 48.7 Å². The van der Waals surface area contributed by atoms with Gasteiger partial charge in [0.05, 0.1) is 17.2 Å². The van der Waals surface area contributed by atoms with Crippen LogP contribution in [0.25, 0.3) is 10.6 Å². The van der Waals surface area contributed by atoms with Gasteiger partial charge in [-0.1, -0.05) is 6.07 Å². The van der Waals surface area contributed by atoms with Crippen LogP contribution >= 0.6 is 22.7 Å². The standard InChI is InChI=1S/C17H16N2O3S2/c1-2-22-12-7-5-11(6-8-12)18-17-19-16(13-4-3-9-23-13)14(24-17)10-15(20)21/h3-9H,2,10H2,1H3,(H,18,19)(H,20,21)/p-1. The molecule has 0 saturated carbocycles. The molecule has 0 radical (unpaired) electrons. The molecule has 0 aliphatic rings. The Balaban J connectivity index is 1.84. The van der Waals surface area contributed by atoms with Crippen LogP contribution in [-0.2, 0) is 11.2 Å². The largest absolute Gasteiger partial charge is 0.550 e. The van der Waals surface area contributed by atoms with Gasteiger partial charge in [0.25, 0.3) is 0 Å². The molecule has 124 valence electrons. The lowest BCUT2D eigenvalue weighted by Gasteiger charge is -2.05. The minimum absolute atomic E-state index is 0.143. The van der Waals surface area contributed by atoms with Crippen LogP contribution in [0.1, 0.15) is 11.8 Å². The lowest BCUT2D eigenvalue weighted by molar-refractivity contribution is -0.304. The Hall–Kier alpha value is -2.38. The molecule has 0 spiro atoms. The number of nitrogens with zero attached hydrogens (tertiary/aromatic N) is 1. The van der Waals surface area contributed by atoms with Gasteiger partial charge >= 0.3 is 0 Å². The fourth-order valence-corrected chi connectivity index (χ4v) is 3.97. The van der Waals surface area contributed by atoms with E-state index in [4.69, 9.17) is 4.74 Å². The van der Waals surface area contributed by atoms with Crippen molar-refractivity contribution >= 4 is 39.5 Å². The number of aliphatic carboxylic acids is 1. The molecule has 1 aromatic carbocycles. The van der Waals surface area contributed by atoms with Crippen LogP contribution in [-0.4, -0.2) is 17.6 Å². The second kappa shape index (κ2) is 7.46. The average molecular weight is 359 g/mol. The fourth-order valence-electron chi connectivity index (χ4n) is 2.19. The molecule has 0 aliphatic heterocycles. The van der Waals surface area contributed by atoms with Crippen molar-refractivity contribution < 1.29 is 14.6 Å². The predicted octanol–water partition coefficient (Wildman–Crippen LogP) is 3.31. The number of carbonyl (C=O) groups is 1. The predicted molar refractivity (Wildman–Crippen MR) is 95.0 cm³/mol. The van der Waals surface area contributed by atoms with Crippen molar-refractivity contribution in [3.63, 3.8) is 0 Å². The Morgan fingerprint density at radius 1 is 1.29 bits per heavy atom. The molecule has 0 amide bonds. The lowest BCUT2D eigenvalue weighted by atomic mass is 10.2. The molecule has 2 heterocycles. The van der Waals surface area contributed by atoms with Gasteiger partial charge in [0.15, 0.2) is 5.13 Å². The highest BCUT2D eigenvalue weighted by atomic mass is 32.1. The number of ether oxygens (including phenoxy) is 1. The van der Waals surface area contributed by atoms with Gasteiger partial charge in [-0.15, -0.1) is 22.7 Å². The monoisotopic (exact) mass is 359 g/mol. The first-order valence-corrected chi connectivity index (χ1v) is 9.08. The van der Waals surface area contributed by atoms with Gasteiger partial charge in [-0.3, -0.25) is 0 Å². The van der Waals surface area contributed by atoms with E-state index in [-0.39, 0.29) is 6.42 Å². The van der Waals surface area contributed by atoms with Crippen molar-refractivity contribution in [3.05, 3.63) is 46.7 Å². The van der Waals surface area contributed by atoms with Gasteiger partial charge in [0.2, 0.25) is 0 Å². The number of hydrogen-bond acceptors (Lipinski definition) is 7. The highest BCUT2D eigenvalue weighted by Gasteiger charge is 2.14. The number of rotatable bonds is 7. The molecule has 0 aliphatic carbocycles. The molecule has 3 aromatic rings. The quantitative estimate of drug-likeness (QED) is 0.700. The summed E-state index contributed by atoms with van der Waals surface area (Å²) in [7, 11) is 0. The third-order valence-electron chi connectivity index (χ3n) is 3.17. The van der Waals surface area contributed by atoms with Crippen LogP contribution in [0.5, 0.6) is 5.75 Å². The van der Waals surface area contributed by atoms with Gasteiger partial charge in [0, 0.05) is 23.0 Å². The van der Waals surface area contributed by atoms with Gasteiger partial charge < -0.3 is 20.0 Å². The van der Waals surface area contributed by atoms with Gasteiger partial charge in [-0.05, 0) is 42.6 Å². The number of carboxylic acid groups (broad SMARTS) is 1. The Labute approximate surface area is 147 Å². The summed E-state index contributed by atoms with van der Waals surface area (Å²) in [5, 5.41) is 16.8. The van der Waals surface area contributed by atoms with Gasteiger partial charge in [-0.25, -0.2) is 4.98 Å². The molecule has 5 nitrogen and oxygen atoms in total. The van der Waals surface area contributed by atoms with E-state index in [0.717, 1.165) is 16.3 Å². The molecule has 0 bridgehead atoms. The zero-order valence-electron chi connectivity index (χ0n) is 12.9. The van der Waals surface area contributed by atoms with Crippen molar-refractivity contribution in [2.24, 2.45) is 0 Å². The third kappa shape index (κ3) is 3.93. The normalized spacial score (nSPS) is 10.5. The fraction of sp³-hybridized carbons (Fsp3) is 0.176. The first kappa shape index (κ1) is 16.5. The maximum absolute atomic E-state index is 11.0. The molecule has 0 fully saturated rings. The summed E-state index contributed by atoms with van der Waals surface area (Å²) in [5.41, 5.74) is 1.57. The van der Waals surface area contributed by atoms with Gasteiger partial charge in [0.1, 0.15) is 5.75 Å². The van der Waals surface area contributed by atoms with Crippen molar-refractivity contribution in [1.82, 2.24) is 4.98 Å². The molecule has 1 N–H and O–H groups in total. The SMILES string of the molecule is CCOc1ccc(Nc2nc(-c3cccs3)c(CC(=O)[O-])s2)cc1. The summed E-state index contributed by atoms with van der Waals surface area (Å²) in [6, 6.07) is 11.4. The Morgan fingerprint density at radius 3 is 2.71 bits per heavy atom. The summed E-state index contributed by atoms with van der Waals surface area (Å²) in [5.74, 6) is -0.303. The maximum Gasteiger partial charge on any atom is 0.188 e. The molecule has 3 rings (SSSR count). The Bertz CT molecular complexity index is 811. The van der Waals surface area contributed by atoms with Crippen molar-refractivity contribution in [1.29, 1.82) is 0 Å². The summed E-state index contributed by atoms with van der Waals surface area (Å²) in [6.07, 6.45) is -0.143. The van der Waals surface area contributed by atoms with E-state index in [1.54, 1.807) is 0 Å². The topological polar surface area (TPSA) is 74.3 Å². The number of carbonyl (C=O) groups excluding carboxylic acids is 1. The summed E-state index contributed by atoms with van der Waals surface area (Å²) in [4.78, 5) is 17.2. The number of carboxylic acids is 1. The molecule has 7 heteroatoms. The molecule has 2 aromatic heterocycles. The van der Waals surface area contributed by atoms with E-state index < -0.39 is 5.97 Å². The average Bonchev–Trinajstić information content (AvgIpc) is 3.19. The zero-order valence-corrected chi connectivity index (χ0v) is 14.6. The molecular formula is C17H15N2O3S2-. The van der Waals surface area contributed by atoms with Crippen LogP contribution in [0.3, 0.4) is 0 Å². The number of aromatic nitrogens is 1.